The van der Waals surface area contributed by atoms with Gasteiger partial charge in [-0.1, -0.05) is 6.58 Å². The largest absolute Gasteiger partial charge is 0.382 e. The first-order chi connectivity index (χ1) is 4.33. The molecular formula is C6H13FO2. The molecule has 0 unspecified atom stereocenters. The molecule has 0 amide bonds. The maximum Gasteiger partial charge on any atom is 0.128 e. The molecule has 2 nitrogen and oxygen atoms in total. The first kappa shape index (κ1) is 11.3. The summed E-state index contributed by atoms with van der Waals surface area (Å²) in [6.45, 7) is 8.55. The summed E-state index contributed by atoms with van der Waals surface area (Å²) in [7, 11) is 0. The topological polar surface area (TPSA) is 18.5 Å². The fourth-order valence-electron chi connectivity index (χ4n) is 0.204. The molecule has 0 aliphatic carbocycles. The number of hydrogen-bond acceptors (Lipinski definition) is 2. The molecule has 3 heteroatoms. The van der Waals surface area contributed by atoms with Crippen LogP contribution in [0.15, 0.2) is 12.8 Å². The van der Waals surface area contributed by atoms with E-state index >= 15 is 0 Å². The summed E-state index contributed by atoms with van der Waals surface area (Å²) < 4.78 is 14.9. The van der Waals surface area contributed by atoms with Crippen molar-refractivity contribution in [3.05, 3.63) is 12.8 Å². The van der Waals surface area contributed by atoms with Gasteiger partial charge in [0.25, 0.3) is 0 Å². The van der Waals surface area contributed by atoms with E-state index in [9.17, 15) is 4.53 Å². The van der Waals surface area contributed by atoms with Gasteiger partial charge in [-0.25, -0.2) is 0 Å². The molecule has 0 radical (unpaired) electrons. The highest BCUT2D eigenvalue weighted by molar-refractivity contribution is 4.41. The summed E-state index contributed by atoms with van der Waals surface area (Å²) in [5.74, 6) is 0. The van der Waals surface area contributed by atoms with Crippen LogP contribution in [-0.4, -0.2) is 13.2 Å². The van der Waals surface area contributed by atoms with Gasteiger partial charge in [-0.15, -0.1) is 0 Å². The first-order valence-corrected chi connectivity index (χ1v) is 2.79. The molecule has 9 heavy (non-hydrogen) atoms. The Kier molecular flexibility index (Phi) is 19.6. The maximum atomic E-state index is 10.1. The quantitative estimate of drug-likeness (QED) is 0.553. The molecule has 0 aliphatic heterocycles. The van der Waals surface area contributed by atoms with Gasteiger partial charge in [-0.3, -0.25) is 0 Å². The second-order valence-electron chi connectivity index (χ2n) is 1.04. The summed E-state index contributed by atoms with van der Waals surface area (Å²) in [6.07, 6.45) is 0.708. The van der Waals surface area contributed by atoms with Gasteiger partial charge in [0.2, 0.25) is 0 Å². The van der Waals surface area contributed by atoms with Crippen molar-refractivity contribution in [1.82, 2.24) is 0 Å². The molecule has 0 heterocycles. The molecule has 0 saturated carbocycles. The van der Waals surface area contributed by atoms with E-state index in [1.54, 1.807) is 0 Å². The Morgan fingerprint density at radius 2 is 1.78 bits per heavy atom. The minimum absolute atomic E-state index is 0.708. The van der Waals surface area contributed by atoms with E-state index in [0.717, 1.165) is 13.2 Å². The van der Waals surface area contributed by atoms with E-state index in [2.05, 4.69) is 11.5 Å². The molecule has 56 valence electrons. The van der Waals surface area contributed by atoms with Gasteiger partial charge in [0, 0.05) is 17.7 Å². The lowest BCUT2D eigenvalue weighted by molar-refractivity contribution is -0.0611. The van der Waals surface area contributed by atoms with Crippen LogP contribution in [0.5, 0.6) is 0 Å². The molecule has 0 fully saturated rings. The van der Waals surface area contributed by atoms with Crippen LogP contribution in [0.2, 0.25) is 0 Å². The second-order valence-corrected chi connectivity index (χ2v) is 1.04. The minimum Gasteiger partial charge on any atom is -0.382 e. The average Bonchev–Trinajstić information content (AvgIpc) is 1.91. The standard InChI is InChI=1S/C4H10O.C2H3FO/c1-3-5-4-2;1-2-4-3/h3-4H2,1-2H3;2H,1H2. The third-order valence-corrected chi connectivity index (χ3v) is 0.471. The predicted octanol–water partition coefficient (Wildman–Crippen LogP) is 2.07. The van der Waals surface area contributed by atoms with Gasteiger partial charge in [-0.2, -0.15) is 0 Å². The number of halogens is 1. The summed E-state index contributed by atoms with van der Waals surface area (Å²) in [5.41, 5.74) is 0. The second kappa shape index (κ2) is 15.7. The first-order valence-electron chi connectivity index (χ1n) is 2.79. The van der Waals surface area contributed by atoms with Crippen molar-refractivity contribution in [2.24, 2.45) is 0 Å². The molecular weight excluding hydrogens is 123 g/mol. The average molecular weight is 136 g/mol. The van der Waals surface area contributed by atoms with Gasteiger partial charge >= 0.3 is 0 Å². The molecule has 0 aromatic heterocycles. The fourth-order valence-corrected chi connectivity index (χ4v) is 0.204. The molecule has 0 rings (SSSR count). The molecule has 0 aromatic carbocycles. The van der Waals surface area contributed by atoms with Crippen LogP contribution in [0.3, 0.4) is 0 Å². The van der Waals surface area contributed by atoms with Crippen molar-refractivity contribution >= 4 is 0 Å². The predicted molar refractivity (Wildman–Crippen MR) is 34.6 cm³/mol. The Bertz CT molecular complexity index is 46.3. The monoisotopic (exact) mass is 136 g/mol. The fraction of sp³-hybridized carbons (Fsp3) is 0.667. The van der Waals surface area contributed by atoms with E-state index in [1.807, 2.05) is 13.8 Å². The normalized spacial score (nSPS) is 7.00. The van der Waals surface area contributed by atoms with Crippen molar-refractivity contribution in [3.63, 3.8) is 0 Å². The molecule has 0 N–H and O–H groups in total. The molecule has 0 bridgehead atoms. The Balaban J connectivity index is 0. The van der Waals surface area contributed by atoms with E-state index < -0.39 is 0 Å². The van der Waals surface area contributed by atoms with Gasteiger partial charge in [-0.05, 0) is 13.8 Å². The van der Waals surface area contributed by atoms with Crippen LogP contribution >= 0.6 is 0 Å². The third-order valence-electron chi connectivity index (χ3n) is 0.471. The van der Waals surface area contributed by atoms with Crippen molar-refractivity contribution in [2.45, 2.75) is 13.8 Å². The summed E-state index contributed by atoms with van der Waals surface area (Å²) in [4.78, 5) is 2.81. The Morgan fingerprint density at radius 1 is 1.44 bits per heavy atom. The number of rotatable bonds is 3. The Morgan fingerprint density at radius 3 is 1.78 bits per heavy atom. The summed E-state index contributed by atoms with van der Waals surface area (Å²) >= 11 is 0. The highest BCUT2D eigenvalue weighted by Gasteiger charge is 1.64. The highest BCUT2D eigenvalue weighted by atomic mass is 19.3. The molecule has 0 saturated heterocycles. The molecule has 0 atom stereocenters. The number of hydrogen-bond donors (Lipinski definition) is 0. The molecule has 0 aromatic rings. The van der Waals surface area contributed by atoms with Crippen LogP contribution in [0.4, 0.5) is 4.53 Å². The van der Waals surface area contributed by atoms with Gasteiger partial charge < -0.3 is 9.68 Å². The van der Waals surface area contributed by atoms with Crippen LogP contribution < -0.4 is 0 Å². The zero-order valence-corrected chi connectivity index (χ0v) is 5.89. The Hall–Kier alpha value is -0.570. The van der Waals surface area contributed by atoms with Crippen LogP contribution in [0, 0.1) is 0 Å². The molecule has 0 spiro atoms. The van der Waals surface area contributed by atoms with Crippen molar-refractivity contribution in [3.8, 4) is 0 Å². The van der Waals surface area contributed by atoms with Crippen molar-refractivity contribution < 1.29 is 14.2 Å². The van der Waals surface area contributed by atoms with E-state index in [4.69, 9.17) is 4.74 Å². The van der Waals surface area contributed by atoms with Crippen molar-refractivity contribution in [2.75, 3.05) is 13.2 Å². The van der Waals surface area contributed by atoms with E-state index in [1.165, 1.54) is 0 Å². The molecule has 0 aliphatic rings. The SMILES string of the molecule is C=COF.CCOCC. The lowest BCUT2D eigenvalue weighted by Gasteiger charge is -1.86. The third kappa shape index (κ3) is 37.1. The van der Waals surface area contributed by atoms with E-state index in [-0.39, 0.29) is 0 Å². The Labute approximate surface area is 55.2 Å². The van der Waals surface area contributed by atoms with Gasteiger partial charge in [0.05, 0.1) is 0 Å². The lowest BCUT2D eigenvalue weighted by Crippen LogP contribution is -1.84. The summed E-state index contributed by atoms with van der Waals surface area (Å²) in [5, 5.41) is 0. The van der Waals surface area contributed by atoms with Crippen LogP contribution in [-0.2, 0) is 9.68 Å². The highest BCUT2D eigenvalue weighted by Crippen LogP contribution is 1.64. The van der Waals surface area contributed by atoms with Crippen LogP contribution in [0.1, 0.15) is 13.8 Å². The smallest absolute Gasteiger partial charge is 0.128 e. The maximum absolute atomic E-state index is 10.1. The van der Waals surface area contributed by atoms with E-state index in [0.29, 0.717) is 6.26 Å². The van der Waals surface area contributed by atoms with Crippen molar-refractivity contribution in [1.29, 1.82) is 0 Å². The van der Waals surface area contributed by atoms with Gasteiger partial charge in [0.1, 0.15) is 6.26 Å². The zero-order chi connectivity index (χ0) is 7.54. The van der Waals surface area contributed by atoms with Gasteiger partial charge in [0.15, 0.2) is 0 Å². The summed E-state index contributed by atoms with van der Waals surface area (Å²) in [6, 6.07) is 0. The zero-order valence-electron chi connectivity index (χ0n) is 5.89. The minimum atomic E-state index is 0.708. The lowest BCUT2D eigenvalue weighted by atomic mass is 10.8. The number of ether oxygens (including phenoxy) is 1. The van der Waals surface area contributed by atoms with Crippen LogP contribution in [0.25, 0.3) is 0 Å².